The lowest BCUT2D eigenvalue weighted by molar-refractivity contribution is 0.141. The van der Waals surface area contributed by atoms with E-state index in [0.717, 1.165) is 24.8 Å². The molecule has 2 aromatic heterocycles. The highest BCUT2D eigenvalue weighted by molar-refractivity contribution is 7.10. The third kappa shape index (κ3) is 4.48. The standard InChI is InChI=1S/C21H27N5OS/c1-27-14-13-26-21(22-23-24-26)20(19-8-5-15-28-19)25-11-9-18(10-12-25)16-17-6-3-2-4-7-17/h2-8,15,18,20H,9-14,16H2,1H3/t20-/m1/s1. The molecule has 1 aliphatic heterocycles. The van der Waals surface area contributed by atoms with Crippen LogP contribution in [-0.2, 0) is 17.7 Å². The average Bonchev–Trinajstić information content (AvgIpc) is 3.42. The smallest absolute Gasteiger partial charge is 0.173 e. The maximum Gasteiger partial charge on any atom is 0.173 e. The van der Waals surface area contributed by atoms with Crippen LogP contribution in [0.4, 0.5) is 0 Å². The van der Waals surface area contributed by atoms with E-state index < -0.39 is 0 Å². The Morgan fingerprint density at radius 2 is 1.96 bits per heavy atom. The van der Waals surface area contributed by atoms with E-state index >= 15 is 0 Å². The quantitative estimate of drug-likeness (QED) is 0.583. The highest BCUT2D eigenvalue weighted by Crippen LogP contribution is 2.34. The van der Waals surface area contributed by atoms with Gasteiger partial charge in [-0.15, -0.1) is 16.4 Å². The zero-order valence-electron chi connectivity index (χ0n) is 16.3. The largest absolute Gasteiger partial charge is 0.383 e. The normalized spacial score (nSPS) is 17.0. The molecule has 7 heteroatoms. The lowest BCUT2D eigenvalue weighted by atomic mass is 9.89. The number of tetrazole rings is 1. The first kappa shape index (κ1) is 19.2. The minimum atomic E-state index is 0.115. The molecule has 0 radical (unpaired) electrons. The molecule has 3 heterocycles. The fraction of sp³-hybridized carbons (Fsp3) is 0.476. The maximum atomic E-state index is 5.23. The van der Waals surface area contributed by atoms with Crippen molar-refractivity contribution < 1.29 is 4.74 Å². The number of piperidine rings is 1. The van der Waals surface area contributed by atoms with E-state index in [4.69, 9.17) is 4.74 Å². The van der Waals surface area contributed by atoms with Gasteiger partial charge in [-0.1, -0.05) is 36.4 Å². The molecule has 1 fully saturated rings. The van der Waals surface area contributed by atoms with E-state index in [0.29, 0.717) is 13.2 Å². The van der Waals surface area contributed by atoms with Crippen LogP contribution in [0, 0.1) is 5.92 Å². The van der Waals surface area contributed by atoms with Crippen LogP contribution in [0.2, 0.25) is 0 Å². The molecule has 1 aromatic carbocycles. The van der Waals surface area contributed by atoms with Crippen molar-refractivity contribution in [2.24, 2.45) is 5.92 Å². The molecule has 0 spiro atoms. The van der Waals surface area contributed by atoms with E-state index in [1.807, 2.05) is 4.68 Å². The number of hydrogen-bond acceptors (Lipinski definition) is 6. The number of likely N-dealkylation sites (tertiary alicyclic amines) is 1. The summed E-state index contributed by atoms with van der Waals surface area (Å²) in [6.45, 7) is 3.41. The SMILES string of the molecule is COCCn1nnnc1[C@@H](c1cccs1)N1CCC(Cc2ccccc2)CC1. The first-order chi connectivity index (χ1) is 13.8. The van der Waals surface area contributed by atoms with Gasteiger partial charge in [-0.05, 0) is 65.7 Å². The van der Waals surface area contributed by atoms with Crippen LogP contribution in [-0.4, -0.2) is 51.9 Å². The fourth-order valence-electron chi connectivity index (χ4n) is 4.02. The highest BCUT2D eigenvalue weighted by Gasteiger charge is 2.31. The molecule has 148 valence electrons. The Morgan fingerprint density at radius 3 is 2.68 bits per heavy atom. The Hall–Kier alpha value is -2.09. The molecule has 28 heavy (non-hydrogen) atoms. The second-order valence-electron chi connectivity index (χ2n) is 7.34. The van der Waals surface area contributed by atoms with Crippen molar-refractivity contribution in [1.29, 1.82) is 0 Å². The van der Waals surface area contributed by atoms with Crippen LogP contribution < -0.4 is 0 Å². The Bertz CT molecular complexity index is 828. The third-order valence-electron chi connectivity index (χ3n) is 5.51. The van der Waals surface area contributed by atoms with Gasteiger partial charge in [-0.2, -0.15) is 0 Å². The molecule has 0 N–H and O–H groups in total. The average molecular weight is 398 g/mol. The summed E-state index contributed by atoms with van der Waals surface area (Å²) in [4.78, 5) is 3.84. The number of aromatic nitrogens is 4. The Morgan fingerprint density at radius 1 is 1.14 bits per heavy atom. The molecule has 6 nitrogen and oxygen atoms in total. The van der Waals surface area contributed by atoms with Gasteiger partial charge in [-0.25, -0.2) is 4.68 Å². The summed E-state index contributed by atoms with van der Waals surface area (Å²) in [6.07, 6.45) is 3.58. The predicted octanol–water partition coefficient (Wildman–Crippen LogP) is 3.43. The molecule has 1 aliphatic rings. The first-order valence-corrected chi connectivity index (χ1v) is 10.8. The zero-order chi connectivity index (χ0) is 19.2. The van der Waals surface area contributed by atoms with Crippen molar-refractivity contribution in [1.82, 2.24) is 25.1 Å². The number of nitrogens with zero attached hydrogens (tertiary/aromatic N) is 5. The van der Waals surface area contributed by atoms with E-state index in [2.05, 4.69) is 68.3 Å². The molecule has 0 aliphatic carbocycles. The van der Waals surface area contributed by atoms with E-state index in [1.54, 1.807) is 18.4 Å². The minimum absolute atomic E-state index is 0.115. The summed E-state index contributed by atoms with van der Waals surface area (Å²) in [6, 6.07) is 15.3. The topological polar surface area (TPSA) is 56.1 Å². The van der Waals surface area contributed by atoms with Crippen molar-refractivity contribution in [2.75, 3.05) is 26.8 Å². The van der Waals surface area contributed by atoms with Crippen LogP contribution in [0.25, 0.3) is 0 Å². The maximum absolute atomic E-state index is 5.23. The summed E-state index contributed by atoms with van der Waals surface area (Å²) < 4.78 is 7.12. The first-order valence-electron chi connectivity index (χ1n) is 9.91. The van der Waals surface area contributed by atoms with Crippen LogP contribution in [0.1, 0.15) is 35.1 Å². The molecule has 1 atom stereocenters. The Labute approximate surface area is 170 Å². The zero-order valence-corrected chi connectivity index (χ0v) is 17.1. The lowest BCUT2D eigenvalue weighted by Gasteiger charge is -2.36. The number of rotatable bonds is 8. The Balaban J connectivity index is 1.47. The van der Waals surface area contributed by atoms with Crippen molar-refractivity contribution in [3.63, 3.8) is 0 Å². The number of methoxy groups -OCH3 is 1. The lowest BCUT2D eigenvalue weighted by Crippen LogP contribution is -2.38. The van der Waals surface area contributed by atoms with Crippen molar-refractivity contribution in [3.05, 3.63) is 64.1 Å². The molecule has 3 aromatic rings. The second kappa shape index (κ2) is 9.41. The molecule has 0 saturated carbocycles. The van der Waals surface area contributed by atoms with Crippen LogP contribution in [0.15, 0.2) is 47.8 Å². The molecular formula is C21H27N5OS. The van der Waals surface area contributed by atoms with Crippen molar-refractivity contribution in [2.45, 2.75) is 31.8 Å². The predicted molar refractivity (Wildman–Crippen MR) is 110 cm³/mol. The summed E-state index contributed by atoms with van der Waals surface area (Å²) in [7, 11) is 1.71. The summed E-state index contributed by atoms with van der Waals surface area (Å²) in [5, 5.41) is 14.7. The van der Waals surface area contributed by atoms with Crippen molar-refractivity contribution >= 4 is 11.3 Å². The molecule has 4 rings (SSSR count). The van der Waals surface area contributed by atoms with Gasteiger partial charge in [0, 0.05) is 12.0 Å². The summed E-state index contributed by atoms with van der Waals surface area (Å²) in [5.74, 6) is 1.66. The minimum Gasteiger partial charge on any atom is -0.383 e. The summed E-state index contributed by atoms with van der Waals surface area (Å²) >= 11 is 1.78. The number of hydrogen-bond donors (Lipinski definition) is 0. The van der Waals surface area contributed by atoms with E-state index in [-0.39, 0.29) is 6.04 Å². The molecule has 0 bridgehead atoms. The third-order valence-corrected chi connectivity index (χ3v) is 6.43. The molecule has 0 amide bonds. The number of thiophene rings is 1. The van der Waals surface area contributed by atoms with Gasteiger partial charge in [0.2, 0.25) is 0 Å². The van der Waals surface area contributed by atoms with Crippen LogP contribution in [0.3, 0.4) is 0 Å². The Kier molecular flexibility index (Phi) is 6.46. The molecule has 1 saturated heterocycles. The van der Waals surface area contributed by atoms with E-state index in [1.165, 1.54) is 29.7 Å². The van der Waals surface area contributed by atoms with Gasteiger partial charge in [0.15, 0.2) is 5.82 Å². The van der Waals surface area contributed by atoms with Gasteiger partial charge in [0.25, 0.3) is 0 Å². The molecular weight excluding hydrogens is 370 g/mol. The fourth-order valence-corrected chi connectivity index (χ4v) is 4.88. The van der Waals surface area contributed by atoms with Gasteiger partial charge in [-0.3, -0.25) is 4.90 Å². The van der Waals surface area contributed by atoms with Crippen molar-refractivity contribution in [3.8, 4) is 0 Å². The van der Waals surface area contributed by atoms with Gasteiger partial charge < -0.3 is 4.74 Å². The van der Waals surface area contributed by atoms with Crippen LogP contribution >= 0.6 is 11.3 Å². The molecule has 0 unspecified atom stereocenters. The van der Waals surface area contributed by atoms with Gasteiger partial charge in [0.1, 0.15) is 6.04 Å². The van der Waals surface area contributed by atoms with Gasteiger partial charge in [0.05, 0.1) is 13.2 Å². The van der Waals surface area contributed by atoms with Crippen LogP contribution in [0.5, 0.6) is 0 Å². The summed E-state index contributed by atoms with van der Waals surface area (Å²) in [5.41, 5.74) is 1.44. The van der Waals surface area contributed by atoms with Gasteiger partial charge >= 0.3 is 0 Å². The highest BCUT2D eigenvalue weighted by atomic mass is 32.1. The second-order valence-corrected chi connectivity index (χ2v) is 8.32. The number of benzene rings is 1. The monoisotopic (exact) mass is 397 g/mol. The number of ether oxygens (including phenoxy) is 1. The van der Waals surface area contributed by atoms with E-state index in [9.17, 15) is 0 Å².